The average molecular weight is 180 g/mol. The maximum Gasteiger partial charge on any atom is 1.00 e. The Bertz CT molecular complexity index is 71.6. The molecule has 0 nitrogen and oxygen atoms in total. The van der Waals surface area contributed by atoms with Gasteiger partial charge >= 0.3 is 34.4 Å². The Kier molecular flexibility index (Phi) is 1.77. The second-order valence-electron chi connectivity index (χ2n) is 0.958. The molecule has 0 aliphatic carbocycles. The summed E-state index contributed by atoms with van der Waals surface area (Å²) >= 11 is 0. The Balaban J connectivity index is -0.000000180. The number of hydrogen-bond donors (Lipinski definition) is 0. The predicted octanol–water partition coefficient (Wildman–Crippen LogP) is 3.61. The van der Waals surface area contributed by atoms with Crippen LogP contribution in [0.1, 0.15) is 1.43 Å². The Hall–Kier alpha value is 0.360. The molecule has 0 bridgehead atoms. The zero-order valence-electron chi connectivity index (χ0n) is 4.22. The Morgan fingerprint density at radius 1 is 0.750 bits per heavy atom. The van der Waals surface area contributed by atoms with Crippen molar-refractivity contribution in [3.63, 3.8) is 0 Å². The smallest absolute Gasteiger partial charge is 0.197 e. The summed E-state index contributed by atoms with van der Waals surface area (Å²) in [4.78, 5) is 0. The average Bonchev–Trinajstić information content (AvgIpc) is 0.592. The normalized spacial score (nSPS) is 20.2. The standard InChI is InChI=1S/F6P.H2S/c1-7(2,3,4,5)6;/h;1H2/q-1;/p+1. The van der Waals surface area contributed by atoms with Gasteiger partial charge in [-0.3, -0.25) is 0 Å². The first-order valence-corrected chi connectivity index (χ1v) is 3.04. The van der Waals surface area contributed by atoms with Crippen LogP contribution in [0.3, 0.4) is 0 Å². The molecule has 0 aliphatic heterocycles. The van der Waals surface area contributed by atoms with Gasteiger partial charge in [-0.15, -0.1) is 0 Å². The fraction of sp³-hybridized carbons (Fsp3) is 0. The second kappa shape index (κ2) is 1.26. The van der Waals surface area contributed by atoms with E-state index in [4.69, 9.17) is 0 Å². The molecule has 0 aromatic carbocycles. The molecule has 0 unspecified atom stereocenters. The van der Waals surface area contributed by atoms with Crippen LogP contribution in [0.25, 0.3) is 0 Å². The summed E-state index contributed by atoms with van der Waals surface area (Å²) < 4.78 is 59.2. The zero-order valence-corrected chi connectivity index (χ0v) is 5.11. The van der Waals surface area contributed by atoms with Gasteiger partial charge in [-0.25, -0.2) is 0 Å². The quantitative estimate of drug-likeness (QED) is 0.394. The van der Waals surface area contributed by atoms with E-state index in [2.05, 4.69) is 0 Å². The van der Waals surface area contributed by atoms with Crippen molar-refractivity contribution in [2.45, 2.75) is 0 Å². The van der Waals surface area contributed by atoms with Gasteiger partial charge in [-0.05, 0) is 0 Å². The number of hydrogen-bond acceptors (Lipinski definition) is 0. The third-order valence-corrected chi connectivity index (χ3v) is 0. The minimum atomic E-state index is -10.7. The minimum absolute atomic E-state index is 0. The van der Waals surface area contributed by atoms with Crippen LogP contribution in [0.5, 0.6) is 0 Å². The van der Waals surface area contributed by atoms with E-state index in [1.165, 1.54) is 0 Å². The second-order valence-corrected chi connectivity index (χ2v) is 2.87. The molecule has 0 amide bonds. The maximum atomic E-state index is 9.87. The molecule has 0 spiro atoms. The number of rotatable bonds is 0. The van der Waals surface area contributed by atoms with Gasteiger partial charge in [0.1, 0.15) is 0 Å². The summed E-state index contributed by atoms with van der Waals surface area (Å²) in [6.07, 6.45) is 0. The van der Waals surface area contributed by atoms with Crippen LogP contribution in [-0.2, 0) is 0 Å². The van der Waals surface area contributed by atoms with Gasteiger partial charge in [-0.1, -0.05) is 0 Å². The van der Waals surface area contributed by atoms with Crippen LogP contribution < -0.4 is 0 Å². The fourth-order valence-electron chi connectivity index (χ4n) is 0. The molecule has 0 saturated heterocycles. The summed E-state index contributed by atoms with van der Waals surface area (Å²) in [6.45, 7) is 0. The van der Waals surface area contributed by atoms with Crippen molar-refractivity contribution in [3.05, 3.63) is 0 Å². The molecule has 0 heterocycles. The molecule has 0 aliphatic rings. The Labute approximate surface area is 49.0 Å². The first kappa shape index (κ1) is 11.2. The molecule has 0 aromatic rings. The SMILES string of the molecule is F[P-](F)(F)(F)(F)F.S.[H+]. The van der Waals surface area contributed by atoms with Crippen LogP contribution in [0.2, 0.25) is 0 Å². The van der Waals surface area contributed by atoms with E-state index in [9.17, 15) is 25.2 Å². The summed E-state index contributed by atoms with van der Waals surface area (Å²) in [5, 5.41) is 0. The van der Waals surface area contributed by atoms with Crippen LogP contribution in [0.4, 0.5) is 25.2 Å². The van der Waals surface area contributed by atoms with Crippen molar-refractivity contribution < 1.29 is 26.6 Å². The molecule has 0 radical (unpaired) electrons. The van der Waals surface area contributed by atoms with Gasteiger partial charge in [0.05, 0.1) is 0 Å². The van der Waals surface area contributed by atoms with Gasteiger partial charge in [0.25, 0.3) is 0 Å². The molecule has 0 fully saturated rings. The fourth-order valence-corrected chi connectivity index (χ4v) is 0. The third kappa shape index (κ3) is 1410. The molecule has 8 heavy (non-hydrogen) atoms. The largest absolute Gasteiger partial charge is 1.00 e. The van der Waals surface area contributed by atoms with Crippen molar-refractivity contribution in [1.82, 2.24) is 0 Å². The molecule has 0 rings (SSSR count). The van der Waals surface area contributed by atoms with Crippen LogP contribution in [-0.4, -0.2) is 0 Å². The molecule has 0 N–H and O–H groups in total. The van der Waals surface area contributed by atoms with Gasteiger partial charge in [0.15, 0.2) is 0 Å². The van der Waals surface area contributed by atoms with E-state index in [-0.39, 0.29) is 14.9 Å². The van der Waals surface area contributed by atoms with Crippen molar-refractivity contribution in [2.75, 3.05) is 0 Å². The van der Waals surface area contributed by atoms with Gasteiger partial charge in [0, 0.05) is 0 Å². The summed E-state index contributed by atoms with van der Waals surface area (Å²) in [5.74, 6) is 0. The van der Waals surface area contributed by atoms with E-state index >= 15 is 0 Å². The van der Waals surface area contributed by atoms with E-state index in [0.717, 1.165) is 0 Å². The Morgan fingerprint density at radius 2 is 0.750 bits per heavy atom. The predicted molar refractivity (Wildman–Crippen MR) is 25.1 cm³/mol. The number of halogens is 6. The molecular formula is H3F6PS. The van der Waals surface area contributed by atoms with Crippen molar-refractivity contribution in [2.24, 2.45) is 0 Å². The molecular weight excluding hydrogens is 177 g/mol. The van der Waals surface area contributed by atoms with Crippen molar-refractivity contribution >= 4 is 21.3 Å². The Morgan fingerprint density at radius 3 is 0.750 bits per heavy atom. The summed E-state index contributed by atoms with van der Waals surface area (Å²) in [7, 11) is -10.7. The van der Waals surface area contributed by atoms with E-state index in [1.54, 1.807) is 0 Å². The molecule has 0 saturated carbocycles. The zero-order chi connectivity index (χ0) is 6.41. The van der Waals surface area contributed by atoms with E-state index < -0.39 is 7.81 Å². The van der Waals surface area contributed by atoms with E-state index in [0.29, 0.717) is 0 Å². The van der Waals surface area contributed by atoms with Crippen molar-refractivity contribution in [3.8, 4) is 0 Å². The van der Waals surface area contributed by atoms with E-state index in [1.807, 2.05) is 0 Å². The van der Waals surface area contributed by atoms with Gasteiger partial charge in [-0.2, -0.15) is 13.5 Å². The monoisotopic (exact) mass is 180 g/mol. The first-order valence-electron chi connectivity index (χ1n) is 1.01. The molecule has 56 valence electrons. The van der Waals surface area contributed by atoms with Crippen molar-refractivity contribution in [1.29, 1.82) is 0 Å². The van der Waals surface area contributed by atoms with Gasteiger partial charge < -0.3 is 0 Å². The summed E-state index contributed by atoms with van der Waals surface area (Å²) in [5.41, 5.74) is 0. The van der Waals surface area contributed by atoms with Gasteiger partial charge in [0.2, 0.25) is 0 Å². The topological polar surface area (TPSA) is 0 Å². The maximum absolute atomic E-state index is 10.7. The summed E-state index contributed by atoms with van der Waals surface area (Å²) in [6, 6.07) is 0. The third-order valence-electron chi connectivity index (χ3n) is 0. The van der Waals surface area contributed by atoms with Crippen LogP contribution in [0.15, 0.2) is 0 Å². The molecule has 0 atom stereocenters. The first-order chi connectivity index (χ1) is 2.45. The molecule has 0 aromatic heterocycles. The van der Waals surface area contributed by atoms with Crippen LogP contribution >= 0.6 is 21.3 Å². The minimum Gasteiger partial charge on any atom is -0.197 e. The molecule has 8 heteroatoms. The van der Waals surface area contributed by atoms with Crippen LogP contribution in [0, 0.1) is 0 Å².